The van der Waals surface area contributed by atoms with E-state index in [-0.39, 0.29) is 5.60 Å². The van der Waals surface area contributed by atoms with Crippen LogP contribution in [0.5, 0.6) is 0 Å². The number of hydrogen-bond acceptors (Lipinski definition) is 3. The summed E-state index contributed by atoms with van der Waals surface area (Å²) in [6.07, 6.45) is 10.2. The van der Waals surface area contributed by atoms with E-state index in [1.165, 1.54) is 51.6 Å². The average Bonchev–Trinajstić information content (AvgIpc) is 2.50. The second-order valence-corrected chi connectivity index (χ2v) is 5.95. The summed E-state index contributed by atoms with van der Waals surface area (Å²) < 4.78 is 5.99. The van der Waals surface area contributed by atoms with Crippen LogP contribution in [0.25, 0.3) is 0 Å². The van der Waals surface area contributed by atoms with Gasteiger partial charge in [0.15, 0.2) is 0 Å². The maximum atomic E-state index is 8.65. The molecule has 0 bridgehead atoms. The van der Waals surface area contributed by atoms with E-state index in [9.17, 15) is 0 Å². The fourth-order valence-electron chi connectivity index (χ4n) is 3.15. The molecule has 0 aromatic carbocycles. The highest BCUT2D eigenvalue weighted by atomic mass is 16.5. The lowest BCUT2D eigenvalue weighted by molar-refractivity contribution is -0.0233. The lowest BCUT2D eigenvalue weighted by atomic mass is 9.85. The number of hydrogen-bond donors (Lipinski definition) is 0. The highest BCUT2D eigenvalue weighted by Crippen LogP contribution is 2.31. The Kier molecular flexibility index (Phi) is 6.37. The van der Waals surface area contributed by atoms with Crippen LogP contribution in [0.2, 0.25) is 0 Å². The zero-order valence-electron chi connectivity index (χ0n) is 12.5. The standard InChI is InChI=1S/C17H26N2O/c18-12-8-16-20-17(9-3-1-4-10-17)11-7-15-19-13-5-2-6-14-19/h1-6,8-10,13-16H2. The number of ether oxygens (including phenoxy) is 1. The predicted molar refractivity (Wildman–Crippen MR) is 80.1 cm³/mol. The van der Waals surface area contributed by atoms with Crippen molar-refractivity contribution in [1.82, 2.24) is 4.90 Å². The summed E-state index contributed by atoms with van der Waals surface area (Å²) in [5.41, 5.74) is -0.259. The van der Waals surface area contributed by atoms with Gasteiger partial charge in [0.25, 0.3) is 0 Å². The van der Waals surface area contributed by atoms with Gasteiger partial charge < -0.3 is 4.74 Å². The van der Waals surface area contributed by atoms with Crippen LogP contribution in [0.3, 0.4) is 0 Å². The third-order valence-electron chi connectivity index (χ3n) is 4.32. The minimum Gasteiger partial charge on any atom is -0.361 e. The molecule has 1 saturated carbocycles. The Hall–Kier alpha value is -1.03. The van der Waals surface area contributed by atoms with E-state index in [0.29, 0.717) is 13.0 Å². The van der Waals surface area contributed by atoms with E-state index in [1.54, 1.807) is 0 Å². The Morgan fingerprint density at radius 3 is 2.40 bits per heavy atom. The summed E-state index contributed by atoms with van der Waals surface area (Å²) in [6.45, 7) is 3.78. The zero-order valence-corrected chi connectivity index (χ0v) is 12.5. The van der Waals surface area contributed by atoms with Gasteiger partial charge in [0.1, 0.15) is 5.60 Å². The summed E-state index contributed by atoms with van der Waals surface area (Å²) in [4.78, 5) is 2.45. The Balaban J connectivity index is 1.87. The number of likely N-dealkylation sites (tertiary alicyclic amines) is 1. The summed E-state index contributed by atoms with van der Waals surface area (Å²) in [7, 11) is 0. The molecule has 0 spiro atoms. The molecule has 1 saturated heterocycles. The molecular weight excluding hydrogens is 248 g/mol. The molecule has 20 heavy (non-hydrogen) atoms. The van der Waals surface area contributed by atoms with Gasteiger partial charge in [0, 0.05) is 0 Å². The smallest absolute Gasteiger partial charge is 0.128 e. The van der Waals surface area contributed by atoms with Crippen LogP contribution < -0.4 is 0 Å². The molecule has 0 unspecified atom stereocenters. The summed E-state index contributed by atoms with van der Waals surface area (Å²) in [5, 5.41) is 8.65. The van der Waals surface area contributed by atoms with Crippen LogP contribution in [0.15, 0.2) is 0 Å². The number of rotatable bonds is 4. The van der Waals surface area contributed by atoms with Gasteiger partial charge in [-0.3, -0.25) is 4.90 Å². The molecule has 0 amide bonds. The highest BCUT2D eigenvalue weighted by molar-refractivity contribution is 5.16. The third kappa shape index (κ3) is 4.82. The molecule has 110 valence electrons. The second-order valence-electron chi connectivity index (χ2n) is 5.95. The first-order chi connectivity index (χ1) is 9.85. The molecule has 2 fully saturated rings. The molecule has 1 aliphatic heterocycles. The van der Waals surface area contributed by atoms with Crippen molar-refractivity contribution in [2.75, 3.05) is 26.2 Å². The van der Waals surface area contributed by atoms with Gasteiger partial charge in [-0.25, -0.2) is 0 Å². The van der Waals surface area contributed by atoms with Crippen molar-refractivity contribution in [3.05, 3.63) is 0 Å². The lowest BCUT2D eigenvalue weighted by Crippen LogP contribution is -2.35. The minimum atomic E-state index is -0.259. The Labute approximate surface area is 123 Å². The minimum absolute atomic E-state index is 0.259. The van der Waals surface area contributed by atoms with Crippen molar-refractivity contribution in [3.63, 3.8) is 0 Å². The topological polar surface area (TPSA) is 36.3 Å². The fourth-order valence-corrected chi connectivity index (χ4v) is 3.15. The van der Waals surface area contributed by atoms with Gasteiger partial charge in [-0.05, 0) is 51.6 Å². The van der Waals surface area contributed by atoms with Gasteiger partial charge >= 0.3 is 0 Å². The van der Waals surface area contributed by atoms with Gasteiger partial charge in [-0.1, -0.05) is 24.7 Å². The predicted octanol–water partition coefficient (Wildman–Crippen LogP) is 3.11. The van der Waals surface area contributed by atoms with Crippen molar-refractivity contribution in [3.8, 4) is 17.9 Å². The molecule has 1 heterocycles. The van der Waals surface area contributed by atoms with Crippen molar-refractivity contribution in [2.24, 2.45) is 0 Å². The van der Waals surface area contributed by atoms with Gasteiger partial charge in [-0.15, -0.1) is 0 Å². The molecule has 0 N–H and O–H groups in total. The number of nitriles is 1. The van der Waals surface area contributed by atoms with Crippen molar-refractivity contribution >= 4 is 0 Å². The molecular formula is C17H26N2O. The first kappa shape index (κ1) is 15.4. The maximum Gasteiger partial charge on any atom is 0.128 e. The molecule has 0 radical (unpaired) electrons. The largest absolute Gasteiger partial charge is 0.361 e. The average molecular weight is 274 g/mol. The van der Waals surface area contributed by atoms with Crippen molar-refractivity contribution < 1.29 is 4.74 Å². The van der Waals surface area contributed by atoms with E-state index in [0.717, 1.165) is 19.4 Å². The zero-order chi connectivity index (χ0) is 14.1. The van der Waals surface area contributed by atoms with Gasteiger partial charge in [0.05, 0.1) is 25.6 Å². The van der Waals surface area contributed by atoms with E-state index in [1.807, 2.05) is 0 Å². The van der Waals surface area contributed by atoms with Crippen molar-refractivity contribution in [2.45, 2.75) is 63.4 Å². The van der Waals surface area contributed by atoms with Crippen LogP contribution >= 0.6 is 0 Å². The quantitative estimate of drug-likeness (QED) is 0.584. The highest BCUT2D eigenvalue weighted by Gasteiger charge is 2.30. The number of nitrogens with zero attached hydrogens (tertiary/aromatic N) is 2. The number of piperidine rings is 1. The second kappa shape index (κ2) is 8.30. The molecule has 0 aromatic rings. The van der Waals surface area contributed by atoms with E-state index < -0.39 is 0 Å². The van der Waals surface area contributed by atoms with Crippen molar-refractivity contribution in [1.29, 1.82) is 5.26 Å². The fraction of sp³-hybridized carbons (Fsp3) is 0.824. The van der Waals surface area contributed by atoms with Crippen LogP contribution in [0.4, 0.5) is 0 Å². The van der Waals surface area contributed by atoms with E-state index >= 15 is 0 Å². The third-order valence-corrected chi connectivity index (χ3v) is 4.32. The summed E-state index contributed by atoms with van der Waals surface area (Å²) >= 11 is 0. The molecule has 3 nitrogen and oxygen atoms in total. The molecule has 0 aromatic heterocycles. The van der Waals surface area contributed by atoms with Gasteiger partial charge in [-0.2, -0.15) is 5.26 Å². The van der Waals surface area contributed by atoms with Crippen LogP contribution in [-0.4, -0.2) is 36.7 Å². The maximum absolute atomic E-state index is 8.65. The first-order valence-corrected chi connectivity index (χ1v) is 8.08. The molecule has 1 aliphatic carbocycles. The van der Waals surface area contributed by atoms with Crippen LogP contribution in [-0.2, 0) is 4.74 Å². The molecule has 3 heteroatoms. The molecule has 2 rings (SSSR count). The van der Waals surface area contributed by atoms with Gasteiger partial charge in [0.2, 0.25) is 0 Å². The van der Waals surface area contributed by atoms with Crippen LogP contribution in [0.1, 0.15) is 57.8 Å². The normalized spacial score (nSPS) is 22.6. The Morgan fingerprint density at radius 2 is 1.70 bits per heavy atom. The Bertz CT molecular complexity index is 376. The van der Waals surface area contributed by atoms with E-state index in [4.69, 9.17) is 10.00 Å². The molecule has 2 aliphatic rings. The molecule has 0 atom stereocenters. The van der Waals surface area contributed by atoms with Crippen LogP contribution in [0, 0.1) is 23.2 Å². The SMILES string of the molecule is N#CCCOC1(C#CCN2CCCCC2)CCCCC1. The summed E-state index contributed by atoms with van der Waals surface area (Å²) in [6, 6.07) is 2.15. The Morgan fingerprint density at radius 1 is 1.00 bits per heavy atom. The van der Waals surface area contributed by atoms with E-state index in [2.05, 4.69) is 22.8 Å². The summed E-state index contributed by atoms with van der Waals surface area (Å²) in [5.74, 6) is 6.78. The monoisotopic (exact) mass is 274 g/mol. The lowest BCUT2D eigenvalue weighted by Gasteiger charge is -2.32. The first-order valence-electron chi connectivity index (χ1n) is 8.08.